The number of ether oxygens (including phenoxy) is 1. The summed E-state index contributed by atoms with van der Waals surface area (Å²) < 4.78 is 5.82. The van der Waals surface area contributed by atoms with Crippen molar-refractivity contribution < 1.29 is 4.74 Å². The van der Waals surface area contributed by atoms with Gasteiger partial charge in [-0.1, -0.05) is 29.8 Å². The summed E-state index contributed by atoms with van der Waals surface area (Å²) in [5, 5.41) is 12.6. The summed E-state index contributed by atoms with van der Waals surface area (Å²) in [4.78, 5) is 0. The Bertz CT molecular complexity index is 635. The number of hydrogen-bond acceptors (Lipinski definition) is 3. The van der Waals surface area contributed by atoms with Crippen molar-refractivity contribution in [2.75, 3.05) is 7.05 Å². The zero-order valence-corrected chi connectivity index (χ0v) is 11.9. The van der Waals surface area contributed by atoms with Crippen molar-refractivity contribution in [3.8, 4) is 11.8 Å². The number of nitrogens with one attached hydrogen (secondary N) is 1. The van der Waals surface area contributed by atoms with Gasteiger partial charge in [0.1, 0.15) is 12.4 Å². The molecule has 0 spiro atoms. The van der Waals surface area contributed by atoms with E-state index in [0.29, 0.717) is 23.7 Å². The second-order valence-corrected chi connectivity index (χ2v) is 4.75. The molecule has 0 aromatic heterocycles. The Balaban J connectivity index is 2.14. The van der Waals surface area contributed by atoms with Gasteiger partial charge in [-0.15, -0.1) is 0 Å². The number of hydrogen-bond donors (Lipinski definition) is 1. The van der Waals surface area contributed by atoms with Crippen molar-refractivity contribution in [3.63, 3.8) is 0 Å². The molecule has 2 rings (SSSR count). The monoisotopic (exact) mass is 286 g/mol. The van der Waals surface area contributed by atoms with Crippen LogP contribution < -0.4 is 10.1 Å². The van der Waals surface area contributed by atoms with E-state index in [1.807, 2.05) is 43.4 Å². The van der Waals surface area contributed by atoms with Crippen LogP contribution in [0, 0.1) is 11.3 Å². The average Bonchev–Trinajstić information content (AvgIpc) is 2.48. The van der Waals surface area contributed by atoms with Crippen molar-refractivity contribution in [2.45, 2.75) is 13.2 Å². The normalized spacial score (nSPS) is 10.1. The van der Waals surface area contributed by atoms with E-state index in [4.69, 9.17) is 21.6 Å². The van der Waals surface area contributed by atoms with E-state index in [-0.39, 0.29) is 0 Å². The first-order valence-electron chi connectivity index (χ1n) is 6.28. The van der Waals surface area contributed by atoms with Crippen molar-refractivity contribution in [1.29, 1.82) is 5.26 Å². The smallest absolute Gasteiger partial charge is 0.125 e. The summed E-state index contributed by atoms with van der Waals surface area (Å²) in [6.07, 6.45) is 0. The number of halogens is 1. The van der Waals surface area contributed by atoms with Gasteiger partial charge < -0.3 is 10.1 Å². The largest absolute Gasteiger partial charge is 0.489 e. The second-order valence-electron chi connectivity index (χ2n) is 4.35. The third-order valence-corrected chi connectivity index (χ3v) is 3.23. The fourth-order valence-electron chi connectivity index (χ4n) is 1.91. The number of rotatable bonds is 5. The maximum Gasteiger partial charge on any atom is 0.125 e. The molecule has 0 aliphatic heterocycles. The Hall–Kier alpha value is -2.02. The molecule has 0 bridgehead atoms. The molecular formula is C16H15ClN2O. The zero-order chi connectivity index (χ0) is 14.4. The molecule has 0 saturated carbocycles. The molecule has 2 aromatic rings. The van der Waals surface area contributed by atoms with Gasteiger partial charge in [0.15, 0.2) is 0 Å². The van der Waals surface area contributed by atoms with Gasteiger partial charge in [0.25, 0.3) is 0 Å². The molecule has 0 radical (unpaired) electrons. The molecule has 1 N–H and O–H groups in total. The summed E-state index contributed by atoms with van der Waals surface area (Å²) in [6, 6.07) is 15.1. The van der Waals surface area contributed by atoms with Crippen LogP contribution in [0.5, 0.6) is 5.75 Å². The lowest BCUT2D eigenvalue weighted by molar-refractivity contribution is 0.302. The Morgan fingerprint density at radius 2 is 2.05 bits per heavy atom. The van der Waals surface area contributed by atoms with Gasteiger partial charge in [0.2, 0.25) is 0 Å². The van der Waals surface area contributed by atoms with Gasteiger partial charge in [-0.05, 0) is 36.9 Å². The maximum absolute atomic E-state index is 8.88. The molecule has 0 heterocycles. The standard InChI is InChI=1S/C16H15ClN2O/c1-19-10-14-15(17)6-3-7-16(14)20-11-13-5-2-4-12(8-13)9-18/h2-8,19H,10-11H2,1H3. The molecule has 0 unspecified atom stereocenters. The van der Waals surface area contributed by atoms with E-state index in [9.17, 15) is 0 Å². The molecule has 2 aromatic carbocycles. The van der Waals surface area contributed by atoms with Crippen LogP contribution in [0.25, 0.3) is 0 Å². The lowest BCUT2D eigenvalue weighted by atomic mass is 10.1. The molecule has 0 amide bonds. The summed E-state index contributed by atoms with van der Waals surface area (Å²) in [5.74, 6) is 0.759. The van der Waals surface area contributed by atoms with Crippen LogP contribution in [-0.2, 0) is 13.2 Å². The minimum Gasteiger partial charge on any atom is -0.489 e. The molecule has 0 aliphatic rings. The molecule has 0 aliphatic carbocycles. The highest BCUT2D eigenvalue weighted by Crippen LogP contribution is 2.27. The van der Waals surface area contributed by atoms with Gasteiger partial charge in [0.05, 0.1) is 11.6 Å². The Morgan fingerprint density at radius 3 is 2.80 bits per heavy atom. The van der Waals surface area contributed by atoms with Crippen LogP contribution in [0.1, 0.15) is 16.7 Å². The fraction of sp³-hybridized carbons (Fsp3) is 0.188. The highest BCUT2D eigenvalue weighted by molar-refractivity contribution is 6.31. The van der Waals surface area contributed by atoms with E-state index in [2.05, 4.69) is 11.4 Å². The van der Waals surface area contributed by atoms with Gasteiger partial charge in [-0.2, -0.15) is 5.26 Å². The predicted octanol–water partition coefficient (Wildman–Crippen LogP) is 3.51. The van der Waals surface area contributed by atoms with E-state index < -0.39 is 0 Å². The van der Waals surface area contributed by atoms with Crippen LogP contribution in [0.15, 0.2) is 42.5 Å². The summed E-state index contributed by atoms with van der Waals surface area (Å²) >= 11 is 6.17. The van der Waals surface area contributed by atoms with Gasteiger partial charge in [-0.25, -0.2) is 0 Å². The molecule has 0 fully saturated rings. The zero-order valence-electron chi connectivity index (χ0n) is 11.2. The van der Waals surface area contributed by atoms with Crippen molar-refractivity contribution in [3.05, 3.63) is 64.2 Å². The van der Waals surface area contributed by atoms with Crippen LogP contribution in [0.3, 0.4) is 0 Å². The Labute approximate surface area is 123 Å². The fourth-order valence-corrected chi connectivity index (χ4v) is 2.15. The minimum absolute atomic E-state index is 0.409. The second kappa shape index (κ2) is 6.95. The highest BCUT2D eigenvalue weighted by atomic mass is 35.5. The average molecular weight is 287 g/mol. The molecule has 3 nitrogen and oxygen atoms in total. The number of nitriles is 1. The van der Waals surface area contributed by atoms with Crippen LogP contribution in [0.4, 0.5) is 0 Å². The van der Waals surface area contributed by atoms with Gasteiger partial charge >= 0.3 is 0 Å². The molecule has 20 heavy (non-hydrogen) atoms. The van der Waals surface area contributed by atoms with E-state index in [1.54, 1.807) is 6.07 Å². The number of benzene rings is 2. The predicted molar refractivity (Wildman–Crippen MR) is 79.7 cm³/mol. The first-order valence-corrected chi connectivity index (χ1v) is 6.66. The first-order chi connectivity index (χ1) is 9.74. The molecular weight excluding hydrogens is 272 g/mol. The molecule has 0 saturated heterocycles. The Kier molecular flexibility index (Phi) is 5.00. The van der Waals surface area contributed by atoms with Crippen molar-refractivity contribution in [1.82, 2.24) is 5.32 Å². The number of nitrogens with zero attached hydrogens (tertiary/aromatic N) is 1. The summed E-state index contributed by atoms with van der Waals surface area (Å²) in [5.41, 5.74) is 2.53. The maximum atomic E-state index is 8.88. The third kappa shape index (κ3) is 3.51. The lowest BCUT2D eigenvalue weighted by Crippen LogP contribution is -2.08. The lowest BCUT2D eigenvalue weighted by Gasteiger charge is -2.13. The minimum atomic E-state index is 0.409. The molecule has 102 valence electrons. The first kappa shape index (κ1) is 14.4. The molecule has 0 atom stereocenters. The van der Waals surface area contributed by atoms with E-state index in [0.717, 1.165) is 16.9 Å². The highest BCUT2D eigenvalue weighted by Gasteiger charge is 2.07. The van der Waals surface area contributed by atoms with E-state index in [1.165, 1.54) is 0 Å². The van der Waals surface area contributed by atoms with Crippen LogP contribution in [0.2, 0.25) is 5.02 Å². The van der Waals surface area contributed by atoms with Crippen molar-refractivity contribution in [2.24, 2.45) is 0 Å². The summed E-state index contributed by atoms with van der Waals surface area (Å²) in [7, 11) is 1.86. The quantitative estimate of drug-likeness (QED) is 0.915. The third-order valence-electron chi connectivity index (χ3n) is 2.88. The van der Waals surface area contributed by atoms with E-state index >= 15 is 0 Å². The topological polar surface area (TPSA) is 45.0 Å². The van der Waals surface area contributed by atoms with Crippen LogP contribution >= 0.6 is 11.6 Å². The Morgan fingerprint density at radius 1 is 1.25 bits per heavy atom. The SMILES string of the molecule is CNCc1c(Cl)cccc1OCc1cccc(C#N)c1. The van der Waals surface area contributed by atoms with Gasteiger partial charge in [-0.3, -0.25) is 0 Å². The van der Waals surface area contributed by atoms with Crippen LogP contribution in [-0.4, -0.2) is 7.05 Å². The van der Waals surface area contributed by atoms with Crippen molar-refractivity contribution >= 4 is 11.6 Å². The van der Waals surface area contributed by atoms with Gasteiger partial charge in [0, 0.05) is 17.1 Å². The summed E-state index contributed by atoms with van der Waals surface area (Å²) in [6.45, 7) is 1.06. The molecule has 4 heteroatoms.